The Morgan fingerprint density at radius 1 is 1.19 bits per heavy atom. The summed E-state index contributed by atoms with van der Waals surface area (Å²) in [5, 5.41) is 18.3. The van der Waals surface area contributed by atoms with Crippen molar-refractivity contribution in [3.8, 4) is 17.3 Å². The topological polar surface area (TPSA) is 95.3 Å². The first-order chi connectivity index (χ1) is 17.3. The molecular formula is C28H21BrFN5O. The van der Waals surface area contributed by atoms with Crippen molar-refractivity contribution < 1.29 is 9.18 Å². The lowest BCUT2D eigenvalue weighted by molar-refractivity contribution is -0.121. The largest absolute Gasteiger partial charge is 0.293 e. The summed E-state index contributed by atoms with van der Waals surface area (Å²) in [5.74, 6) is -0.429. The summed E-state index contributed by atoms with van der Waals surface area (Å²) in [6.45, 7) is 3.73. The molecule has 2 heterocycles. The molecule has 0 radical (unpaired) electrons. The number of aromatic nitrogens is 4. The first kappa shape index (κ1) is 22.7. The molecule has 0 amide bonds. The lowest BCUT2D eigenvalue weighted by atomic mass is 9.54. The fourth-order valence-electron chi connectivity index (χ4n) is 6.09. The summed E-state index contributed by atoms with van der Waals surface area (Å²) >= 11 is 3.53. The molecule has 2 aromatic carbocycles. The summed E-state index contributed by atoms with van der Waals surface area (Å²) in [7, 11) is 0. The van der Waals surface area contributed by atoms with Gasteiger partial charge in [0.15, 0.2) is 5.78 Å². The maximum Gasteiger partial charge on any atom is 0.176 e. The van der Waals surface area contributed by atoms with Crippen LogP contribution in [0.15, 0.2) is 58.7 Å². The van der Waals surface area contributed by atoms with E-state index < -0.39 is 5.41 Å². The van der Waals surface area contributed by atoms with Crippen LogP contribution in [0.1, 0.15) is 36.0 Å². The third kappa shape index (κ3) is 3.12. The number of nitrogens with zero attached hydrogens (tertiary/aromatic N) is 4. The van der Waals surface area contributed by atoms with E-state index in [0.717, 1.165) is 43.6 Å². The van der Waals surface area contributed by atoms with Crippen molar-refractivity contribution in [2.24, 2.45) is 11.8 Å². The predicted molar refractivity (Wildman–Crippen MR) is 136 cm³/mol. The zero-order valence-electron chi connectivity index (χ0n) is 19.6. The van der Waals surface area contributed by atoms with Crippen molar-refractivity contribution in [3.05, 3.63) is 87.2 Å². The van der Waals surface area contributed by atoms with Crippen LogP contribution in [0.2, 0.25) is 0 Å². The number of hydrogen-bond donors (Lipinski definition) is 1. The van der Waals surface area contributed by atoms with Crippen LogP contribution in [0, 0.1) is 35.9 Å². The van der Waals surface area contributed by atoms with Crippen LogP contribution in [0.3, 0.4) is 0 Å². The highest BCUT2D eigenvalue weighted by Crippen LogP contribution is 2.54. The molecule has 4 aromatic rings. The SMILES string of the molecule is Cc1nc(-c2cccc3c(Br)[nH]nc23)c2c(n1)[C@@]1(c3ccc(F)cc3)C=C(C#N)C(=O)[C@@H](C)[C@@H]1CC2. The highest BCUT2D eigenvalue weighted by molar-refractivity contribution is 9.10. The number of hydrogen-bond acceptors (Lipinski definition) is 5. The average Bonchev–Trinajstić information content (AvgIpc) is 3.27. The summed E-state index contributed by atoms with van der Waals surface area (Å²) in [6, 6.07) is 14.4. The van der Waals surface area contributed by atoms with Crippen molar-refractivity contribution in [3.63, 3.8) is 0 Å². The van der Waals surface area contributed by atoms with E-state index in [1.165, 1.54) is 12.1 Å². The van der Waals surface area contributed by atoms with Gasteiger partial charge >= 0.3 is 0 Å². The molecule has 36 heavy (non-hydrogen) atoms. The molecule has 6 rings (SSSR count). The van der Waals surface area contributed by atoms with Gasteiger partial charge in [-0.25, -0.2) is 14.4 Å². The van der Waals surface area contributed by atoms with Gasteiger partial charge in [0, 0.05) is 22.4 Å². The van der Waals surface area contributed by atoms with Gasteiger partial charge in [0.05, 0.1) is 22.4 Å². The number of allylic oxidation sites excluding steroid dienone is 2. The molecule has 0 spiro atoms. The van der Waals surface area contributed by atoms with Gasteiger partial charge in [-0.3, -0.25) is 9.89 Å². The van der Waals surface area contributed by atoms with Gasteiger partial charge in [-0.15, -0.1) is 0 Å². The van der Waals surface area contributed by atoms with Crippen molar-refractivity contribution in [1.82, 2.24) is 20.2 Å². The van der Waals surface area contributed by atoms with E-state index in [2.05, 4.69) is 32.2 Å². The lowest BCUT2D eigenvalue weighted by Crippen LogP contribution is -2.48. The Balaban J connectivity index is 1.71. The van der Waals surface area contributed by atoms with E-state index in [0.29, 0.717) is 18.7 Å². The van der Waals surface area contributed by atoms with Crippen LogP contribution >= 0.6 is 15.9 Å². The van der Waals surface area contributed by atoms with E-state index in [9.17, 15) is 14.4 Å². The molecule has 1 N–H and O–H groups in total. The lowest BCUT2D eigenvalue weighted by Gasteiger charge is -2.48. The molecule has 2 aromatic heterocycles. The van der Waals surface area contributed by atoms with Gasteiger partial charge in [0.1, 0.15) is 27.8 Å². The minimum Gasteiger partial charge on any atom is -0.293 e. The van der Waals surface area contributed by atoms with Gasteiger partial charge in [0.2, 0.25) is 0 Å². The van der Waals surface area contributed by atoms with E-state index in [-0.39, 0.29) is 29.0 Å². The first-order valence-electron chi connectivity index (χ1n) is 11.8. The van der Waals surface area contributed by atoms with Gasteiger partial charge in [-0.2, -0.15) is 10.4 Å². The minimum atomic E-state index is -0.859. The van der Waals surface area contributed by atoms with Crippen LogP contribution in [0.4, 0.5) is 4.39 Å². The number of H-pyrrole nitrogens is 1. The van der Waals surface area contributed by atoms with Crippen molar-refractivity contribution in [1.29, 1.82) is 5.26 Å². The summed E-state index contributed by atoms with van der Waals surface area (Å²) < 4.78 is 14.8. The van der Waals surface area contributed by atoms with E-state index in [1.54, 1.807) is 18.2 Å². The van der Waals surface area contributed by atoms with Crippen LogP contribution < -0.4 is 0 Å². The number of fused-ring (bicyclic) bond motifs is 4. The number of nitriles is 1. The first-order valence-corrected chi connectivity index (χ1v) is 12.6. The summed E-state index contributed by atoms with van der Waals surface area (Å²) in [4.78, 5) is 22.9. The van der Waals surface area contributed by atoms with Gasteiger partial charge < -0.3 is 0 Å². The van der Waals surface area contributed by atoms with E-state index in [4.69, 9.17) is 9.97 Å². The Kier molecular flexibility index (Phi) is 5.16. The number of carbonyl (C=O) groups excluding carboxylic acids is 1. The molecule has 2 aliphatic rings. The molecule has 0 fully saturated rings. The Morgan fingerprint density at radius 3 is 2.72 bits per heavy atom. The number of aryl methyl sites for hydroxylation is 1. The number of benzene rings is 2. The van der Waals surface area contributed by atoms with E-state index in [1.807, 2.05) is 32.0 Å². The Bertz CT molecular complexity index is 1630. The third-order valence-electron chi connectivity index (χ3n) is 7.69. The number of para-hydroxylation sites is 1. The zero-order chi connectivity index (χ0) is 25.2. The fourth-order valence-corrected chi connectivity index (χ4v) is 6.50. The van der Waals surface area contributed by atoms with Gasteiger partial charge in [0.25, 0.3) is 0 Å². The van der Waals surface area contributed by atoms with Crippen LogP contribution in [0.25, 0.3) is 22.2 Å². The Labute approximate surface area is 215 Å². The average molecular weight is 542 g/mol. The minimum absolute atomic E-state index is 0.118. The third-order valence-corrected chi connectivity index (χ3v) is 8.30. The second-order valence-corrected chi connectivity index (χ2v) is 10.3. The van der Waals surface area contributed by atoms with Crippen molar-refractivity contribution in [2.45, 2.75) is 32.1 Å². The molecule has 0 aliphatic heterocycles. The number of nitrogens with one attached hydrogen (secondary N) is 1. The molecule has 0 bridgehead atoms. The van der Waals surface area contributed by atoms with Gasteiger partial charge in [-0.1, -0.05) is 31.2 Å². The molecule has 6 nitrogen and oxygen atoms in total. The number of carbonyl (C=O) groups is 1. The zero-order valence-corrected chi connectivity index (χ0v) is 21.2. The predicted octanol–water partition coefficient (Wildman–Crippen LogP) is 5.75. The smallest absolute Gasteiger partial charge is 0.176 e. The quantitative estimate of drug-likeness (QED) is 0.348. The number of aromatic amines is 1. The van der Waals surface area contributed by atoms with E-state index >= 15 is 0 Å². The second-order valence-electron chi connectivity index (χ2n) is 9.53. The fraction of sp³-hybridized carbons (Fsp3) is 0.250. The molecule has 3 atom stereocenters. The molecular weight excluding hydrogens is 521 g/mol. The summed E-state index contributed by atoms with van der Waals surface area (Å²) in [6.07, 6.45) is 3.15. The normalized spacial score (nSPS) is 23.1. The summed E-state index contributed by atoms with van der Waals surface area (Å²) in [5.41, 5.74) is 4.27. The Morgan fingerprint density at radius 2 is 1.97 bits per heavy atom. The Hall–Kier alpha value is -3.70. The number of rotatable bonds is 2. The highest BCUT2D eigenvalue weighted by atomic mass is 79.9. The molecule has 0 saturated heterocycles. The number of halogens is 2. The highest BCUT2D eigenvalue weighted by Gasteiger charge is 2.53. The maximum atomic E-state index is 14.0. The van der Waals surface area contributed by atoms with Crippen LogP contribution in [0.5, 0.6) is 0 Å². The monoisotopic (exact) mass is 541 g/mol. The molecule has 0 saturated carbocycles. The van der Waals surface area contributed by atoms with Crippen molar-refractivity contribution >= 4 is 32.6 Å². The molecule has 0 unspecified atom stereocenters. The standard InChI is InChI=1S/C28H21BrFN5O/c1-14-22-11-10-20-23(19-4-3-5-21-24(19)34-35-27(21)29)32-15(2)33-26(20)28(22,12-16(13-31)25(14)36)17-6-8-18(30)9-7-17/h3-9,12,14,22H,10-11H2,1-2H3,(H,34,35)/t14-,22-,28+/m0/s1. The number of ketones is 1. The molecule has 8 heteroatoms. The maximum absolute atomic E-state index is 14.0. The van der Waals surface area contributed by atoms with Crippen LogP contribution in [-0.4, -0.2) is 25.9 Å². The molecule has 178 valence electrons. The molecule has 2 aliphatic carbocycles. The van der Waals surface area contributed by atoms with Crippen LogP contribution in [-0.2, 0) is 16.6 Å². The second kappa shape index (κ2) is 8.17. The number of Topliss-reactive ketones (excluding diaryl/α,β-unsaturated/α-hetero) is 1. The van der Waals surface area contributed by atoms with Gasteiger partial charge in [-0.05, 0) is 71.5 Å². The van der Waals surface area contributed by atoms with Crippen molar-refractivity contribution in [2.75, 3.05) is 0 Å².